The zero-order chi connectivity index (χ0) is 15.4. The number of anilines is 3. The summed E-state index contributed by atoms with van der Waals surface area (Å²) in [5.41, 5.74) is 6.42. The van der Waals surface area contributed by atoms with Gasteiger partial charge in [0, 0.05) is 26.6 Å². The minimum Gasteiger partial charge on any atom is -0.396 e. The standard InChI is InChI=1S/C13H21N5O3/c1-17(4-5-19)13-10(14)2-3-11(16-13)18-7-9(21)6-12(18)15-8-20/h2-3,8-9,12,19,21H,4-7,14H2,1H3,(H,15,20). The van der Waals surface area contributed by atoms with Crippen molar-refractivity contribution in [1.29, 1.82) is 0 Å². The second-order valence-electron chi connectivity index (χ2n) is 5.07. The number of carbonyl (C=O) groups is 1. The lowest BCUT2D eigenvalue weighted by Crippen LogP contribution is -2.41. The van der Waals surface area contributed by atoms with E-state index in [0.717, 1.165) is 0 Å². The van der Waals surface area contributed by atoms with Gasteiger partial charge < -0.3 is 31.1 Å². The van der Waals surface area contributed by atoms with Crippen LogP contribution in [0.5, 0.6) is 0 Å². The molecular formula is C13H21N5O3. The molecule has 1 fully saturated rings. The Morgan fingerprint density at radius 1 is 1.62 bits per heavy atom. The number of aliphatic hydroxyl groups is 2. The normalized spacial score (nSPS) is 21.4. The highest BCUT2D eigenvalue weighted by atomic mass is 16.3. The van der Waals surface area contributed by atoms with Gasteiger partial charge in [-0.25, -0.2) is 4.98 Å². The number of hydrogen-bond donors (Lipinski definition) is 4. The zero-order valence-electron chi connectivity index (χ0n) is 11.9. The van der Waals surface area contributed by atoms with Crippen molar-refractivity contribution in [3.63, 3.8) is 0 Å². The molecule has 0 radical (unpaired) electrons. The molecule has 0 aromatic carbocycles. The summed E-state index contributed by atoms with van der Waals surface area (Å²) >= 11 is 0. The van der Waals surface area contributed by atoms with Crippen LogP contribution in [-0.2, 0) is 4.79 Å². The molecule has 0 aliphatic carbocycles. The van der Waals surface area contributed by atoms with E-state index in [4.69, 9.17) is 10.8 Å². The van der Waals surface area contributed by atoms with Crippen LogP contribution in [0.25, 0.3) is 0 Å². The minimum atomic E-state index is -0.513. The van der Waals surface area contributed by atoms with Crippen LogP contribution in [-0.4, -0.2) is 60.6 Å². The second-order valence-corrected chi connectivity index (χ2v) is 5.07. The number of hydrogen-bond acceptors (Lipinski definition) is 7. The summed E-state index contributed by atoms with van der Waals surface area (Å²) < 4.78 is 0. The van der Waals surface area contributed by atoms with Crippen LogP contribution in [0.1, 0.15) is 6.42 Å². The third-order valence-corrected chi connectivity index (χ3v) is 3.52. The maximum Gasteiger partial charge on any atom is 0.208 e. The van der Waals surface area contributed by atoms with E-state index in [9.17, 15) is 9.90 Å². The average Bonchev–Trinajstić information content (AvgIpc) is 2.81. The van der Waals surface area contributed by atoms with E-state index in [1.54, 1.807) is 24.1 Å². The predicted octanol–water partition coefficient (Wildman–Crippen LogP) is -1.26. The van der Waals surface area contributed by atoms with Crippen molar-refractivity contribution in [1.82, 2.24) is 10.3 Å². The van der Waals surface area contributed by atoms with Crippen molar-refractivity contribution < 1.29 is 15.0 Å². The quantitative estimate of drug-likeness (QED) is 0.484. The van der Waals surface area contributed by atoms with Crippen LogP contribution in [0.3, 0.4) is 0 Å². The maximum atomic E-state index is 10.7. The predicted molar refractivity (Wildman–Crippen MR) is 80.0 cm³/mol. The van der Waals surface area contributed by atoms with Gasteiger partial charge in [-0.15, -0.1) is 0 Å². The van der Waals surface area contributed by atoms with Gasteiger partial charge in [-0.1, -0.05) is 0 Å². The molecule has 21 heavy (non-hydrogen) atoms. The highest BCUT2D eigenvalue weighted by molar-refractivity contribution is 5.66. The Hall–Kier alpha value is -2.06. The highest BCUT2D eigenvalue weighted by Crippen LogP contribution is 2.28. The van der Waals surface area contributed by atoms with E-state index in [2.05, 4.69) is 10.3 Å². The van der Waals surface area contributed by atoms with Crippen LogP contribution in [0.15, 0.2) is 12.1 Å². The molecule has 1 amide bonds. The fourth-order valence-electron chi connectivity index (χ4n) is 2.47. The van der Waals surface area contributed by atoms with Gasteiger partial charge in [-0.05, 0) is 12.1 Å². The van der Waals surface area contributed by atoms with Crippen LogP contribution >= 0.6 is 0 Å². The number of nitrogens with one attached hydrogen (secondary N) is 1. The summed E-state index contributed by atoms with van der Waals surface area (Å²) in [7, 11) is 1.79. The molecule has 0 bridgehead atoms. The molecule has 2 unspecified atom stereocenters. The van der Waals surface area contributed by atoms with Gasteiger partial charge in [0.2, 0.25) is 6.41 Å². The molecule has 8 heteroatoms. The van der Waals surface area contributed by atoms with Crippen molar-refractivity contribution in [3.05, 3.63) is 12.1 Å². The summed E-state index contributed by atoms with van der Waals surface area (Å²) in [5.74, 6) is 1.19. The Labute approximate surface area is 123 Å². The number of nitrogens with two attached hydrogens (primary N) is 1. The van der Waals surface area contributed by atoms with Gasteiger partial charge in [0.15, 0.2) is 5.82 Å². The molecule has 8 nitrogen and oxygen atoms in total. The number of carbonyl (C=O) groups excluding carboxylic acids is 1. The molecule has 2 heterocycles. The van der Waals surface area contributed by atoms with Crippen molar-refractivity contribution >= 4 is 23.7 Å². The molecule has 2 rings (SSSR count). The number of nitrogen functional groups attached to an aromatic ring is 1. The third-order valence-electron chi connectivity index (χ3n) is 3.52. The summed E-state index contributed by atoms with van der Waals surface area (Å²) in [5, 5.41) is 21.5. The Morgan fingerprint density at radius 3 is 3.05 bits per heavy atom. The first-order valence-electron chi connectivity index (χ1n) is 6.79. The number of aromatic nitrogens is 1. The third kappa shape index (κ3) is 3.34. The van der Waals surface area contributed by atoms with Gasteiger partial charge in [0.25, 0.3) is 0 Å². The van der Waals surface area contributed by atoms with E-state index in [-0.39, 0.29) is 12.8 Å². The molecule has 1 aromatic rings. The molecule has 2 atom stereocenters. The number of amides is 1. The number of likely N-dealkylation sites (N-methyl/N-ethyl adjacent to an activating group) is 1. The van der Waals surface area contributed by atoms with Crippen LogP contribution < -0.4 is 20.9 Å². The van der Waals surface area contributed by atoms with Gasteiger partial charge in [-0.2, -0.15) is 0 Å². The lowest BCUT2D eigenvalue weighted by atomic mass is 10.3. The molecule has 0 spiro atoms. The van der Waals surface area contributed by atoms with Gasteiger partial charge in [0.05, 0.1) is 18.4 Å². The summed E-state index contributed by atoms with van der Waals surface area (Å²) in [6, 6.07) is 3.48. The number of aliphatic hydroxyl groups excluding tert-OH is 2. The van der Waals surface area contributed by atoms with Crippen LogP contribution in [0, 0.1) is 0 Å². The van der Waals surface area contributed by atoms with Crippen LogP contribution in [0.4, 0.5) is 17.3 Å². The summed E-state index contributed by atoms with van der Waals surface area (Å²) in [6.07, 6.45) is 0.267. The molecule has 5 N–H and O–H groups in total. The fourth-order valence-corrected chi connectivity index (χ4v) is 2.47. The summed E-state index contributed by atoms with van der Waals surface area (Å²) in [4.78, 5) is 18.7. The average molecular weight is 295 g/mol. The van der Waals surface area contributed by atoms with Gasteiger partial charge >= 0.3 is 0 Å². The number of pyridine rings is 1. The second kappa shape index (κ2) is 6.59. The SMILES string of the molecule is CN(CCO)c1nc(N2CC(O)CC2NC=O)ccc1N. The number of nitrogens with zero attached hydrogens (tertiary/aromatic N) is 3. The van der Waals surface area contributed by atoms with E-state index in [0.29, 0.717) is 43.2 Å². The maximum absolute atomic E-state index is 10.7. The smallest absolute Gasteiger partial charge is 0.208 e. The Balaban J connectivity index is 2.27. The number of β-amino-alcohol motifs (C(OH)–C–C–N with tert-alkyl or cyclic N) is 1. The molecular weight excluding hydrogens is 274 g/mol. The summed E-state index contributed by atoms with van der Waals surface area (Å²) in [6.45, 7) is 0.810. The van der Waals surface area contributed by atoms with E-state index in [1.165, 1.54) is 0 Å². The minimum absolute atomic E-state index is 0.000398. The monoisotopic (exact) mass is 295 g/mol. The largest absolute Gasteiger partial charge is 0.396 e. The Morgan fingerprint density at radius 2 is 2.38 bits per heavy atom. The molecule has 116 valence electrons. The van der Waals surface area contributed by atoms with Gasteiger partial charge in [0.1, 0.15) is 12.0 Å². The van der Waals surface area contributed by atoms with E-state index >= 15 is 0 Å². The molecule has 1 aliphatic heterocycles. The van der Waals surface area contributed by atoms with Crippen molar-refractivity contribution in [2.24, 2.45) is 0 Å². The molecule has 0 saturated carbocycles. The first-order chi connectivity index (χ1) is 10.1. The van der Waals surface area contributed by atoms with Gasteiger partial charge in [-0.3, -0.25) is 4.79 Å². The Bertz CT molecular complexity index is 499. The van der Waals surface area contributed by atoms with E-state index in [1.807, 2.05) is 4.90 Å². The first kappa shape index (κ1) is 15.3. The highest BCUT2D eigenvalue weighted by Gasteiger charge is 2.31. The lowest BCUT2D eigenvalue weighted by molar-refractivity contribution is -0.110. The van der Waals surface area contributed by atoms with Crippen molar-refractivity contribution in [3.8, 4) is 0 Å². The number of rotatable bonds is 6. The lowest BCUT2D eigenvalue weighted by Gasteiger charge is -2.27. The first-order valence-corrected chi connectivity index (χ1v) is 6.79. The molecule has 1 aromatic heterocycles. The topological polar surface area (TPSA) is 115 Å². The molecule has 1 saturated heterocycles. The van der Waals surface area contributed by atoms with Crippen LogP contribution in [0.2, 0.25) is 0 Å². The van der Waals surface area contributed by atoms with Crippen molar-refractivity contribution in [2.45, 2.75) is 18.7 Å². The van der Waals surface area contributed by atoms with Crippen molar-refractivity contribution in [2.75, 3.05) is 42.3 Å². The Kier molecular flexibility index (Phi) is 4.81. The molecule has 1 aliphatic rings. The fraction of sp³-hybridized carbons (Fsp3) is 0.538. The van der Waals surface area contributed by atoms with E-state index < -0.39 is 6.10 Å². The zero-order valence-corrected chi connectivity index (χ0v) is 11.9.